The molecule has 0 aliphatic carbocycles. The zero-order valence-electron chi connectivity index (χ0n) is 25.8. The minimum absolute atomic E-state index is 0.0338. The van der Waals surface area contributed by atoms with Crippen LogP contribution in [0.25, 0.3) is 32.1 Å². The number of nitrogens with two attached hydrogens (primary N) is 1. The number of rotatable bonds is 4. The van der Waals surface area contributed by atoms with E-state index < -0.39 is 11.6 Å². The Balaban J connectivity index is 1.36. The fourth-order valence-electron chi connectivity index (χ4n) is 8.52. The number of ether oxygens (including phenoxy) is 2. The first-order chi connectivity index (χ1) is 22.7. The molecule has 0 saturated carbocycles. The maximum absolute atomic E-state index is 17.2. The first-order valence-corrected chi connectivity index (χ1v) is 17.2. The second-order valence-electron chi connectivity index (χ2n) is 13.3. The maximum Gasteiger partial charge on any atom is 0.319 e. The molecule has 8 rings (SSSR count). The molecule has 0 radical (unpaired) electrons. The zero-order chi connectivity index (χ0) is 32.6. The Morgan fingerprint density at radius 2 is 2.04 bits per heavy atom. The van der Waals surface area contributed by atoms with Gasteiger partial charge in [0.05, 0.1) is 44.8 Å². The van der Waals surface area contributed by atoms with Crippen LogP contribution < -0.4 is 20.1 Å². The third-order valence-corrected chi connectivity index (χ3v) is 11.9. The zero-order valence-corrected chi connectivity index (χ0v) is 27.4. The topological polar surface area (TPSA) is 124 Å². The van der Waals surface area contributed by atoms with Crippen molar-refractivity contribution in [2.24, 2.45) is 11.8 Å². The molecule has 2 N–H and O–H groups in total. The van der Waals surface area contributed by atoms with Crippen LogP contribution in [0.1, 0.15) is 51.0 Å². The third kappa shape index (κ3) is 4.60. The highest BCUT2D eigenvalue weighted by Crippen LogP contribution is 2.51. The molecular formula is C34H32ClF2N7O2S. The number of aromatic nitrogens is 2. The van der Waals surface area contributed by atoms with Crippen LogP contribution in [0.15, 0.2) is 12.1 Å². The molecule has 0 amide bonds. The van der Waals surface area contributed by atoms with Crippen molar-refractivity contribution in [1.82, 2.24) is 14.9 Å². The molecular weight excluding hydrogens is 644 g/mol. The van der Waals surface area contributed by atoms with Crippen molar-refractivity contribution in [3.63, 3.8) is 0 Å². The van der Waals surface area contributed by atoms with Crippen LogP contribution in [0.4, 0.5) is 19.6 Å². The lowest BCUT2D eigenvalue weighted by molar-refractivity contribution is 0.107. The summed E-state index contributed by atoms with van der Waals surface area (Å²) in [5, 5.41) is 20.5. The average molecular weight is 676 g/mol. The minimum atomic E-state index is -0.770. The van der Waals surface area contributed by atoms with E-state index in [1.165, 1.54) is 12.1 Å². The summed E-state index contributed by atoms with van der Waals surface area (Å²) in [6.45, 7) is 5.49. The van der Waals surface area contributed by atoms with Gasteiger partial charge in [0.15, 0.2) is 11.6 Å². The number of nitrogen functional groups attached to an aromatic ring is 1. The normalized spacial score (nSPS) is 25.5. The number of hydrogen-bond acceptors (Lipinski definition) is 10. The molecule has 4 atom stereocenters. The number of nitriles is 2. The number of piperidine rings is 1. The molecule has 2 aromatic heterocycles. The molecule has 4 aliphatic heterocycles. The van der Waals surface area contributed by atoms with Crippen LogP contribution >= 0.6 is 22.9 Å². The summed E-state index contributed by atoms with van der Waals surface area (Å²) >= 11 is 7.99. The molecule has 3 fully saturated rings. The highest BCUT2D eigenvalue weighted by atomic mass is 35.5. The Morgan fingerprint density at radius 3 is 2.85 bits per heavy atom. The highest BCUT2D eigenvalue weighted by Gasteiger charge is 2.48. The second-order valence-corrected chi connectivity index (χ2v) is 14.7. The highest BCUT2D eigenvalue weighted by molar-refractivity contribution is 7.23. The Morgan fingerprint density at radius 1 is 1.19 bits per heavy atom. The summed E-state index contributed by atoms with van der Waals surface area (Å²) in [5.74, 6) is -0.444. The monoisotopic (exact) mass is 675 g/mol. The molecule has 47 heavy (non-hydrogen) atoms. The van der Waals surface area contributed by atoms with Gasteiger partial charge in [-0.2, -0.15) is 20.5 Å². The predicted molar refractivity (Wildman–Crippen MR) is 177 cm³/mol. The third-order valence-electron chi connectivity index (χ3n) is 10.5. The van der Waals surface area contributed by atoms with E-state index in [2.05, 4.69) is 33.8 Å². The lowest BCUT2D eigenvalue weighted by atomic mass is 9.87. The second kappa shape index (κ2) is 11.3. The number of benzene rings is 2. The largest absolute Gasteiger partial charge is 0.491 e. The number of fused-ring (bicyclic) bond motifs is 4. The maximum atomic E-state index is 17.2. The van der Waals surface area contributed by atoms with Gasteiger partial charge >= 0.3 is 6.01 Å². The van der Waals surface area contributed by atoms with E-state index in [0.29, 0.717) is 36.7 Å². The van der Waals surface area contributed by atoms with Gasteiger partial charge in [-0.05, 0) is 56.2 Å². The predicted octanol–water partition coefficient (Wildman–Crippen LogP) is 7.04. The molecule has 0 spiro atoms. The van der Waals surface area contributed by atoms with Gasteiger partial charge in [0, 0.05) is 36.5 Å². The molecule has 9 nitrogen and oxygen atoms in total. The molecule has 13 heteroatoms. The van der Waals surface area contributed by atoms with E-state index in [1.54, 1.807) is 0 Å². The van der Waals surface area contributed by atoms with Gasteiger partial charge in [0.1, 0.15) is 34.8 Å². The van der Waals surface area contributed by atoms with Crippen LogP contribution in [0, 0.1) is 46.1 Å². The first-order valence-electron chi connectivity index (χ1n) is 16.0. The first kappa shape index (κ1) is 30.4. The number of anilines is 2. The smallest absolute Gasteiger partial charge is 0.319 e. The van der Waals surface area contributed by atoms with E-state index in [9.17, 15) is 14.9 Å². The Hall–Kier alpha value is -3.97. The van der Waals surface area contributed by atoms with Gasteiger partial charge in [-0.1, -0.05) is 24.6 Å². The molecule has 6 heterocycles. The lowest BCUT2D eigenvalue weighted by Gasteiger charge is -2.41. The Bertz CT molecular complexity index is 2040. The summed E-state index contributed by atoms with van der Waals surface area (Å²) in [4.78, 5) is 14.1. The van der Waals surface area contributed by atoms with E-state index in [1.807, 2.05) is 0 Å². The van der Waals surface area contributed by atoms with E-state index in [-0.39, 0.29) is 78.2 Å². The summed E-state index contributed by atoms with van der Waals surface area (Å²) < 4.78 is 45.1. The molecule has 3 saturated heterocycles. The van der Waals surface area contributed by atoms with Crippen molar-refractivity contribution in [3.05, 3.63) is 34.4 Å². The van der Waals surface area contributed by atoms with Crippen LogP contribution in [0.5, 0.6) is 11.8 Å². The number of halogens is 3. The van der Waals surface area contributed by atoms with Crippen molar-refractivity contribution < 1.29 is 18.3 Å². The summed E-state index contributed by atoms with van der Waals surface area (Å²) in [6.07, 6.45) is 5.14. The fraction of sp³-hybridized carbons (Fsp3) is 0.471. The van der Waals surface area contributed by atoms with E-state index >= 15 is 4.39 Å². The summed E-state index contributed by atoms with van der Waals surface area (Å²) in [7, 11) is 0. The Labute approximate surface area is 279 Å². The van der Waals surface area contributed by atoms with Gasteiger partial charge in [0.25, 0.3) is 0 Å². The summed E-state index contributed by atoms with van der Waals surface area (Å²) in [6, 6.07) is 6.97. The average Bonchev–Trinajstić information content (AvgIpc) is 3.70. The van der Waals surface area contributed by atoms with Gasteiger partial charge in [-0.25, -0.2) is 8.78 Å². The summed E-state index contributed by atoms with van der Waals surface area (Å²) in [5.41, 5.74) is 6.13. The van der Waals surface area contributed by atoms with Crippen LogP contribution in [-0.4, -0.2) is 59.3 Å². The minimum Gasteiger partial charge on any atom is -0.491 e. The number of nitrogens with zero attached hydrogens (tertiary/aromatic N) is 6. The van der Waals surface area contributed by atoms with Gasteiger partial charge in [-0.3, -0.25) is 4.90 Å². The van der Waals surface area contributed by atoms with Crippen LogP contribution in [0.2, 0.25) is 5.02 Å². The van der Waals surface area contributed by atoms with Gasteiger partial charge in [0.2, 0.25) is 0 Å². The van der Waals surface area contributed by atoms with Crippen molar-refractivity contribution >= 4 is 54.7 Å². The van der Waals surface area contributed by atoms with Crippen LogP contribution in [0.3, 0.4) is 0 Å². The molecule has 3 unspecified atom stereocenters. The Kier molecular flexibility index (Phi) is 7.32. The van der Waals surface area contributed by atoms with Gasteiger partial charge < -0.3 is 20.1 Å². The quantitative estimate of drug-likeness (QED) is 0.242. The van der Waals surface area contributed by atoms with Gasteiger partial charge in [-0.15, -0.1) is 11.3 Å². The molecule has 242 valence electrons. The molecule has 4 aromatic rings. The van der Waals surface area contributed by atoms with E-state index in [4.69, 9.17) is 31.8 Å². The number of thiophene rings is 1. The van der Waals surface area contributed by atoms with Crippen molar-refractivity contribution in [3.8, 4) is 35.0 Å². The van der Waals surface area contributed by atoms with Crippen molar-refractivity contribution in [2.75, 3.05) is 43.5 Å². The molecule has 0 bridgehead atoms. The van der Waals surface area contributed by atoms with Crippen molar-refractivity contribution in [1.29, 1.82) is 10.5 Å². The SMILES string of the molecule is C[C@H]1CN2CCCC2(COc2nc3c4c(c(Cl)c(-c5ccc(F)c6sc(N)c(C#N)c56)c(F)c4n2)OCCC2C(C#N)CCCN32)C1. The van der Waals surface area contributed by atoms with Crippen molar-refractivity contribution in [2.45, 2.75) is 57.0 Å². The molecule has 4 aliphatic rings. The molecule has 2 aromatic carbocycles. The number of hydrogen-bond donors (Lipinski definition) is 1. The van der Waals surface area contributed by atoms with Crippen LogP contribution in [-0.2, 0) is 0 Å². The van der Waals surface area contributed by atoms with E-state index in [0.717, 1.165) is 56.5 Å². The lowest BCUT2D eigenvalue weighted by Crippen LogP contribution is -2.47. The standard InChI is InChI=1S/C34H32ClF2N7O2S/c1-17-12-34(8-3-9-43(34)15-17)16-46-33-41-28-25-29(45-11-7-22-18(13-38)4-2-10-44(22)32(25)42-33)26(35)24(27(28)37)19-5-6-21(36)30-23(19)20(14-39)31(40)47-30/h5-6,17-18,22H,2-4,7-12,15-16,40H2,1H3/t17-,18?,22?,34?/m1/s1. The fourth-order valence-corrected chi connectivity index (χ4v) is 9.80.